The van der Waals surface area contributed by atoms with E-state index in [1.54, 1.807) is 6.26 Å². The van der Waals surface area contributed by atoms with Gasteiger partial charge in [0.05, 0.1) is 12.3 Å². The highest BCUT2D eigenvalue weighted by atomic mass is 16.3. The smallest absolute Gasteiger partial charge is 0.125 e. The van der Waals surface area contributed by atoms with E-state index in [2.05, 4.69) is 44.3 Å². The van der Waals surface area contributed by atoms with E-state index in [-0.39, 0.29) is 6.04 Å². The van der Waals surface area contributed by atoms with Gasteiger partial charge in [-0.15, -0.1) is 0 Å². The molecule has 0 fully saturated rings. The lowest BCUT2D eigenvalue weighted by atomic mass is 9.95. The second kappa shape index (κ2) is 7.30. The highest BCUT2D eigenvalue weighted by Gasteiger charge is 2.16. The molecule has 0 aliphatic heterocycles. The first-order valence-corrected chi connectivity index (χ1v) is 7.68. The Balaban J connectivity index is 2.33. The first-order chi connectivity index (χ1) is 9.80. The predicted molar refractivity (Wildman–Crippen MR) is 84.0 cm³/mol. The largest absolute Gasteiger partial charge is 0.467 e. The predicted octanol–water partition coefficient (Wildman–Crippen LogP) is 4.49. The number of furan rings is 1. The molecule has 0 amide bonds. The summed E-state index contributed by atoms with van der Waals surface area (Å²) in [7, 11) is 0. The first-order valence-electron chi connectivity index (χ1n) is 7.68. The molecule has 0 aliphatic rings. The molecule has 2 aromatic rings. The van der Waals surface area contributed by atoms with E-state index in [0.717, 1.165) is 31.6 Å². The average molecular weight is 271 g/mol. The van der Waals surface area contributed by atoms with Gasteiger partial charge in [0.1, 0.15) is 5.76 Å². The number of hydrogen-bond acceptors (Lipinski definition) is 2. The second-order valence-electron chi connectivity index (χ2n) is 5.14. The minimum atomic E-state index is 0.154. The Morgan fingerprint density at radius 3 is 2.45 bits per heavy atom. The third-order valence-corrected chi connectivity index (χ3v) is 3.75. The van der Waals surface area contributed by atoms with E-state index >= 15 is 0 Å². The molecule has 1 N–H and O–H groups in total. The molecule has 1 atom stereocenters. The fraction of sp³-hybridized carbons (Fsp3) is 0.444. The Morgan fingerprint density at radius 2 is 1.85 bits per heavy atom. The van der Waals surface area contributed by atoms with Gasteiger partial charge in [-0.05, 0) is 54.6 Å². The van der Waals surface area contributed by atoms with Crippen molar-refractivity contribution in [1.82, 2.24) is 5.32 Å². The van der Waals surface area contributed by atoms with Crippen molar-refractivity contribution in [2.45, 2.75) is 46.1 Å². The monoisotopic (exact) mass is 271 g/mol. The molecule has 0 saturated heterocycles. The van der Waals surface area contributed by atoms with Crippen molar-refractivity contribution < 1.29 is 4.42 Å². The third-order valence-electron chi connectivity index (χ3n) is 3.75. The molecule has 20 heavy (non-hydrogen) atoms. The van der Waals surface area contributed by atoms with Crippen LogP contribution in [-0.2, 0) is 12.8 Å². The van der Waals surface area contributed by atoms with Crippen LogP contribution in [0.3, 0.4) is 0 Å². The van der Waals surface area contributed by atoms with E-state index in [4.69, 9.17) is 4.42 Å². The highest BCUT2D eigenvalue weighted by Crippen LogP contribution is 2.25. The number of nitrogens with one attached hydrogen (secondary N) is 1. The Kier molecular flexibility index (Phi) is 5.42. The Hall–Kier alpha value is -1.54. The molecule has 0 radical (unpaired) electrons. The Bertz CT molecular complexity index is 516. The lowest BCUT2D eigenvalue weighted by Gasteiger charge is -2.19. The van der Waals surface area contributed by atoms with E-state index in [9.17, 15) is 0 Å². The van der Waals surface area contributed by atoms with Gasteiger partial charge < -0.3 is 9.73 Å². The van der Waals surface area contributed by atoms with Gasteiger partial charge in [0.25, 0.3) is 0 Å². The van der Waals surface area contributed by atoms with Crippen LogP contribution in [0.1, 0.15) is 55.7 Å². The number of rotatable bonds is 7. The molecular weight excluding hydrogens is 246 g/mol. The van der Waals surface area contributed by atoms with Crippen LogP contribution in [0.25, 0.3) is 0 Å². The van der Waals surface area contributed by atoms with Crippen molar-refractivity contribution >= 4 is 0 Å². The number of aryl methyl sites for hydroxylation is 2. The van der Waals surface area contributed by atoms with Gasteiger partial charge in [-0.1, -0.05) is 39.0 Å². The van der Waals surface area contributed by atoms with Crippen molar-refractivity contribution in [3.05, 3.63) is 59.0 Å². The van der Waals surface area contributed by atoms with Crippen LogP contribution in [0.4, 0.5) is 0 Å². The standard InChI is InChI=1S/C18H25NO/c1-4-11-19-18(17-8-7-12-20-17)16-10-9-14(5-2)15(6-3)13-16/h7-10,12-13,18-19H,4-6,11H2,1-3H3. The lowest BCUT2D eigenvalue weighted by molar-refractivity contribution is 0.446. The van der Waals surface area contributed by atoms with Crippen LogP contribution < -0.4 is 5.32 Å². The molecule has 2 rings (SSSR count). The van der Waals surface area contributed by atoms with Crippen LogP contribution in [0.15, 0.2) is 41.0 Å². The van der Waals surface area contributed by atoms with Gasteiger partial charge in [0.2, 0.25) is 0 Å². The molecule has 0 bridgehead atoms. The summed E-state index contributed by atoms with van der Waals surface area (Å²) in [6.45, 7) is 7.61. The van der Waals surface area contributed by atoms with Crippen LogP contribution in [0, 0.1) is 0 Å². The zero-order valence-corrected chi connectivity index (χ0v) is 12.8. The van der Waals surface area contributed by atoms with Crippen molar-refractivity contribution in [2.75, 3.05) is 6.54 Å². The van der Waals surface area contributed by atoms with Crippen molar-refractivity contribution in [1.29, 1.82) is 0 Å². The Morgan fingerprint density at radius 1 is 1.05 bits per heavy atom. The highest BCUT2D eigenvalue weighted by molar-refractivity contribution is 5.36. The minimum Gasteiger partial charge on any atom is -0.467 e. The molecule has 108 valence electrons. The van der Waals surface area contributed by atoms with Gasteiger partial charge in [-0.2, -0.15) is 0 Å². The molecule has 0 saturated carbocycles. The fourth-order valence-corrected chi connectivity index (χ4v) is 2.63. The van der Waals surface area contributed by atoms with Crippen LogP contribution >= 0.6 is 0 Å². The summed E-state index contributed by atoms with van der Waals surface area (Å²) in [5.41, 5.74) is 4.19. The second-order valence-corrected chi connectivity index (χ2v) is 5.14. The fourth-order valence-electron chi connectivity index (χ4n) is 2.63. The summed E-state index contributed by atoms with van der Waals surface area (Å²) in [5, 5.41) is 3.58. The summed E-state index contributed by atoms with van der Waals surface area (Å²) < 4.78 is 5.61. The van der Waals surface area contributed by atoms with Gasteiger partial charge in [0, 0.05) is 0 Å². The minimum absolute atomic E-state index is 0.154. The van der Waals surface area contributed by atoms with Crippen molar-refractivity contribution in [3.63, 3.8) is 0 Å². The quantitative estimate of drug-likeness (QED) is 0.802. The maximum Gasteiger partial charge on any atom is 0.125 e. The molecule has 2 nitrogen and oxygen atoms in total. The van der Waals surface area contributed by atoms with E-state index in [0.29, 0.717) is 0 Å². The van der Waals surface area contributed by atoms with Crippen molar-refractivity contribution in [3.8, 4) is 0 Å². The summed E-state index contributed by atoms with van der Waals surface area (Å²) in [6.07, 6.45) is 5.04. The molecule has 1 heterocycles. The SMILES string of the molecule is CCCNC(c1ccc(CC)c(CC)c1)c1ccco1. The number of benzene rings is 1. The van der Waals surface area contributed by atoms with Gasteiger partial charge in [-0.25, -0.2) is 0 Å². The summed E-state index contributed by atoms with van der Waals surface area (Å²) in [4.78, 5) is 0. The van der Waals surface area contributed by atoms with Gasteiger partial charge >= 0.3 is 0 Å². The van der Waals surface area contributed by atoms with E-state index in [1.165, 1.54) is 16.7 Å². The molecule has 2 heteroatoms. The molecular formula is C18H25NO. The molecule has 0 aliphatic carbocycles. The summed E-state index contributed by atoms with van der Waals surface area (Å²) >= 11 is 0. The van der Waals surface area contributed by atoms with Crippen LogP contribution in [0.5, 0.6) is 0 Å². The van der Waals surface area contributed by atoms with Gasteiger partial charge in [0.15, 0.2) is 0 Å². The first kappa shape index (κ1) is 14.9. The number of hydrogen-bond donors (Lipinski definition) is 1. The normalized spacial score (nSPS) is 12.6. The zero-order valence-electron chi connectivity index (χ0n) is 12.8. The molecule has 0 spiro atoms. The topological polar surface area (TPSA) is 25.2 Å². The van der Waals surface area contributed by atoms with Crippen LogP contribution in [0.2, 0.25) is 0 Å². The van der Waals surface area contributed by atoms with Crippen molar-refractivity contribution in [2.24, 2.45) is 0 Å². The summed E-state index contributed by atoms with van der Waals surface area (Å²) in [6, 6.07) is 11.0. The maximum absolute atomic E-state index is 5.61. The third kappa shape index (κ3) is 3.31. The molecule has 1 aromatic carbocycles. The average Bonchev–Trinajstić information content (AvgIpc) is 3.01. The molecule has 1 unspecified atom stereocenters. The Labute approximate surface area is 122 Å². The van der Waals surface area contributed by atoms with Gasteiger partial charge in [-0.3, -0.25) is 0 Å². The van der Waals surface area contributed by atoms with Crippen LogP contribution in [-0.4, -0.2) is 6.54 Å². The van der Waals surface area contributed by atoms with E-state index in [1.807, 2.05) is 12.1 Å². The maximum atomic E-state index is 5.61. The van der Waals surface area contributed by atoms with E-state index < -0.39 is 0 Å². The summed E-state index contributed by atoms with van der Waals surface area (Å²) in [5.74, 6) is 0.991. The lowest BCUT2D eigenvalue weighted by Crippen LogP contribution is -2.23. The molecule has 1 aromatic heterocycles. The zero-order chi connectivity index (χ0) is 14.4.